The lowest BCUT2D eigenvalue weighted by atomic mass is 9.97. The second-order valence-electron chi connectivity index (χ2n) is 8.31. The first-order valence-corrected chi connectivity index (χ1v) is 12.5. The molecule has 2 amide bonds. The lowest BCUT2D eigenvalue weighted by Crippen LogP contribution is -2.43. The van der Waals surface area contributed by atoms with E-state index >= 15 is 0 Å². The molecule has 10 heteroatoms. The van der Waals surface area contributed by atoms with E-state index in [-0.39, 0.29) is 40.3 Å². The van der Waals surface area contributed by atoms with Gasteiger partial charge < -0.3 is 14.8 Å². The van der Waals surface area contributed by atoms with Gasteiger partial charge in [0.2, 0.25) is 15.9 Å². The average molecular weight is 475 g/mol. The zero-order chi connectivity index (χ0) is 24.2. The summed E-state index contributed by atoms with van der Waals surface area (Å²) in [5.41, 5.74) is 0.922. The summed E-state index contributed by atoms with van der Waals surface area (Å²) in [5.74, 6) is -0.340. The third-order valence-corrected chi connectivity index (χ3v) is 7.47. The van der Waals surface area contributed by atoms with Gasteiger partial charge in [-0.05, 0) is 61.6 Å². The molecule has 0 bridgehead atoms. The predicted molar refractivity (Wildman–Crippen MR) is 126 cm³/mol. The molecular formula is C23H30N4O5S. The van der Waals surface area contributed by atoms with Crippen LogP contribution in [0.5, 0.6) is 0 Å². The number of anilines is 1. The van der Waals surface area contributed by atoms with Gasteiger partial charge in [-0.15, -0.1) is 0 Å². The highest BCUT2D eigenvalue weighted by atomic mass is 32.2. The number of amides is 2. The number of piperidine rings is 1. The minimum absolute atomic E-state index is 0.0888. The molecule has 2 heterocycles. The minimum atomic E-state index is -3.71. The van der Waals surface area contributed by atoms with Crippen LogP contribution in [0.1, 0.15) is 42.1 Å². The molecule has 0 radical (unpaired) electrons. The summed E-state index contributed by atoms with van der Waals surface area (Å²) in [6.45, 7) is 4.63. The summed E-state index contributed by atoms with van der Waals surface area (Å²) in [4.78, 5) is 38.3. The SMILES string of the molecule is CCC(=O)Nc1ccc(S(=O)(=O)NCC2CCN(C(=O)c3cccn(C)c3=O)CC2)c(C)c1. The van der Waals surface area contributed by atoms with Gasteiger partial charge in [-0.1, -0.05) is 6.92 Å². The molecule has 33 heavy (non-hydrogen) atoms. The number of carbonyl (C=O) groups is 2. The molecule has 0 atom stereocenters. The van der Waals surface area contributed by atoms with Crippen LogP contribution in [0, 0.1) is 12.8 Å². The van der Waals surface area contributed by atoms with Crippen molar-refractivity contribution < 1.29 is 18.0 Å². The topological polar surface area (TPSA) is 118 Å². The fourth-order valence-electron chi connectivity index (χ4n) is 3.85. The van der Waals surface area contributed by atoms with E-state index in [4.69, 9.17) is 0 Å². The van der Waals surface area contributed by atoms with Crippen molar-refractivity contribution in [2.24, 2.45) is 13.0 Å². The highest BCUT2D eigenvalue weighted by Gasteiger charge is 2.27. The maximum absolute atomic E-state index is 12.8. The molecule has 1 aliphatic rings. The zero-order valence-electron chi connectivity index (χ0n) is 19.1. The molecule has 0 saturated carbocycles. The van der Waals surface area contributed by atoms with Crippen LogP contribution in [0.2, 0.25) is 0 Å². The van der Waals surface area contributed by atoms with Gasteiger partial charge in [0.25, 0.3) is 11.5 Å². The predicted octanol–water partition coefficient (Wildman–Crippen LogP) is 1.87. The van der Waals surface area contributed by atoms with Crippen LogP contribution in [-0.2, 0) is 21.9 Å². The molecule has 0 aliphatic carbocycles. The Balaban J connectivity index is 1.57. The van der Waals surface area contributed by atoms with Crippen molar-refractivity contribution >= 4 is 27.5 Å². The van der Waals surface area contributed by atoms with Crippen molar-refractivity contribution in [3.8, 4) is 0 Å². The number of sulfonamides is 1. The van der Waals surface area contributed by atoms with Crippen LogP contribution < -0.4 is 15.6 Å². The van der Waals surface area contributed by atoms with E-state index in [9.17, 15) is 22.8 Å². The van der Waals surface area contributed by atoms with Gasteiger partial charge in [0, 0.05) is 45.0 Å². The van der Waals surface area contributed by atoms with Crippen LogP contribution in [0.15, 0.2) is 46.2 Å². The largest absolute Gasteiger partial charge is 0.338 e. The van der Waals surface area contributed by atoms with E-state index in [0.717, 1.165) is 0 Å². The van der Waals surface area contributed by atoms with Crippen molar-refractivity contribution in [1.29, 1.82) is 0 Å². The van der Waals surface area contributed by atoms with Gasteiger partial charge in [-0.25, -0.2) is 13.1 Å². The number of nitrogens with zero attached hydrogens (tertiary/aromatic N) is 2. The van der Waals surface area contributed by atoms with E-state index in [1.54, 1.807) is 50.2 Å². The van der Waals surface area contributed by atoms with E-state index < -0.39 is 10.0 Å². The van der Waals surface area contributed by atoms with Gasteiger partial charge >= 0.3 is 0 Å². The van der Waals surface area contributed by atoms with Gasteiger partial charge in [0.1, 0.15) is 5.56 Å². The number of rotatable bonds is 7. The maximum atomic E-state index is 12.8. The monoisotopic (exact) mass is 474 g/mol. The van der Waals surface area contributed by atoms with Crippen molar-refractivity contribution in [2.45, 2.75) is 38.0 Å². The van der Waals surface area contributed by atoms with Crippen LogP contribution >= 0.6 is 0 Å². The van der Waals surface area contributed by atoms with Gasteiger partial charge in [-0.3, -0.25) is 14.4 Å². The summed E-state index contributed by atoms with van der Waals surface area (Å²) in [7, 11) is -2.11. The number of hydrogen-bond acceptors (Lipinski definition) is 5. The Morgan fingerprint density at radius 1 is 1.15 bits per heavy atom. The van der Waals surface area contributed by atoms with Crippen LogP contribution in [-0.4, -0.2) is 49.3 Å². The van der Waals surface area contributed by atoms with Crippen LogP contribution in [0.25, 0.3) is 0 Å². The second-order valence-corrected chi connectivity index (χ2v) is 10.0. The molecule has 0 spiro atoms. The molecule has 1 saturated heterocycles. The Bertz CT molecular complexity index is 1200. The van der Waals surface area contributed by atoms with Crippen LogP contribution in [0.3, 0.4) is 0 Å². The van der Waals surface area contributed by atoms with E-state index in [2.05, 4.69) is 10.0 Å². The van der Waals surface area contributed by atoms with Crippen molar-refractivity contribution in [1.82, 2.24) is 14.2 Å². The van der Waals surface area contributed by atoms with E-state index in [0.29, 0.717) is 43.6 Å². The molecule has 1 fully saturated rings. The fourth-order valence-corrected chi connectivity index (χ4v) is 5.19. The maximum Gasteiger partial charge on any atom is 0.263 e. The van der Waals surface area contributed by atoms with E-state index in [1.165, 1.54) is 16.7 Å². The molecule has 1 aromatic heterocycles. The number of aryl methyl sites for hydroxylation is 2. The Kier molecular flexibility index (Phi) is 7.70. The quantitative estimate of drug-likeness (QED) is 0.635. The Labute approximate surface area is 193 Å². The van der Waals surface area contributed by atoms with Crippen molar-refractivity contribution in [2.75, 3.05) is 25.0 Å². The van der Waals surface area contributed by atoms with Gasteiger partial charge in [0.15, 0.2) is 0 Å². The molecule has 2 aromatic rings. The van der Waals surface area contributed by atoms with Crippen molar-refractivity contribution in [3.05, 3.63) is 58.0 Å². The third kappa shape index (κ3) is 5.88. The van der Waals surface area contributed by atoms with E-state index in [1.807, 2.05) is 0 Å². The summed E-state index contributed by atoms with van der Waals surface area (Å²) < 4.78 is 29.7. The number of likely N-dealkylation sites (tertiary alicyclic amines) is 1. The number of benzene rings is 1. The molecule has 178 valence electrons. The first kappa shape index (κ1) is 24.7. The fraction of sp³-hybridized carbons (Fsp3) is 0.435. The lowest BCUT2D eigenvalue weighted by Gasteiger charge is -2.32. The summed E-state index contributed by atoms with van der Waals surface area (Å²) in [6.07, 6.45) is 3.23. The highest BCUT2D eigenvalue weighted by Crippen LogP contribution is 2.22. The number of aromatic nitrogens is 1. The molecule has 1 aliphatic heterocycles. The summed E-state index contributed by atoms with van der Waals surface area (Å²) in [5, 5.41) is 2.72. The Morgan fingerprint density at radius 2 is 1.85 bits per heavy atom. The number of carbonyl (C=O) groups excluding carboxylic acids is 2. The Hall–Kier alpha value is -2.98. The van der Waals surface area contributed by atoms with Crippen LogP contribution in [0.4, 0.5) is 5.69 Å². The first-order chi connectivity index (χ1) is 15.6. The number of hydrogen-bond donors (Lipinski definition) is 2. The standard InChI is InChI=1S/C23H30N4O5S/c1-4-21(28)25-18-7-8-20(16(2)14-18)33(31,32)24-15-17-9-12-27(13-10-17)23(30)19-6-5-11-26(3)22(19)29/h5-8,11,14,17,24H,4,9-10,12-13,15H2,1-3H3,(H,25,28). The van der Waals surface area contributed by atoms with Crippen molar-refractivity contribution in [3.63, 3.8) is 0 Å². The minimum Gasteiger partial charge on any atom is -0.338 e. The molecule has 9 nitrogen and oxygen atoms in total. The van der Waals surface area contributed by atoms with Gasteiger partial charge in [0.05, 0.1) is 4.90 Å². The average Bonchev–Trinajstić information content (AvgIpc) is 2.79. The molecular weight excluding hydrogens is 444 g/mol. The Morgan fingerprint density at radius 3 is 2.48 bits per heavy atom. The molecule has 0 unspecified atom stereocenters. The second kappa shape index (κ2) is 10.3. The molecule has 2 N–H and O–H groups in total. The number of nitrogens with one attached hydrogen (secondary N) is 2. The summed E-state index contributed by atoms with van der Waals surface area (Å²) >= 11 is 0. The highest BCUT2D eigenvalue weighted by molar-refractivity contribution is 7.89. The first-order valence-electron chi connectivity index (χ1n) is 11.0. The smallest absolute Gasteiger partial charge is 0.263 e. The lowest BCUT2D eigenvalue weighted by molar-refractivity contribution is -0.115. The van der Waals surface area contributed by atoms with Gasteiger partial charge in [-0.2, -0.15) is 0 Å². The normalized spacial score (nSPS) is 14.8. The molecule has 3 rings (SSSR count). The number of pyridine rings is 1. The zero-order valence-corrected chi connectivity index (χ0v) is 19.9. The molecule has 1 aromatic carbocycles. The summed E-state index contributed by atoms with van der Waals surface area (Å²) in [6, 6.07) is 7.91. The third-order valence-electron chi connectivity index (χ3n) is 5.89.